The number of hydrogen-bond acceptors (Lipinski definition) is 8. The highest BCUT2D eigenvalue weighted by Gasteiger charge is 2.22. The molecule has 110 valence electrons. The molecule has 21 heavy (non-hydrogen) atoms. The van der Waals surface area contributed by atoms with Crippen LogP contribution in [0.5, 0.6) is 0 Å². The van der Waals surface area contributed by atoms with Crippen molar-refractivity contribution in [3.8, 4) is 0 Å². The lowest BCUT2D eigenvalue weighted by atomic mass is 10.3. The van der Waals surface area contributed by atoms with Crippen LogP contribution in [0, 0.1) is 0 Å². The Labute approximate surface area is 124 Å². The quantitative estimate of drug-likeness (QED) is 0.279. The molecule has 2 aromatic heterocycles. The number of nitrogens with zero attached hydrogens (tertiary/aromatic N) is 7. The minimum absolute atomic E-state index is 0.0605. The molecule has 0 amide bonds. The molecule has 0 atom stereocenters. The molecule has 1 aliphatic rings. The second-order valence-electron chi connectivity index (χ2n) is 4.66. The number of oxime groups is 1. The first-order valence-corrected chi connectivity index (χ1v) is 7.36. The van der Waals surface area contributed by atoms with E-state index in [0.717, 1.165) is 12.8 Å². The summed E-state index contributed by atoms with van der Waals surface area (Å²) < 4.78 is 1.83. The van der Waals surface area contributed by atoms with Crippen LogP contribution in [-0.2, 0) is 0 Å². The van der Waals surface area contributed by atoms with Gasteiger partial charge in [-0.15, -0.1) is 5.10 Å². The predicted molar refractivity (Wildman–Crippen MR) is 74.0 cm³/mol. The van der Waals surface area contributed by atoms with Crippen LogP contribution >= 0.6 is 11.8 Å². The summed E-state index contributed by atoms with van der Waals surface area (Å²) in [5.74, 6) is -0.0605. The number of hydrogen-bond donors (Lipinski definition) is 2. The fraction of sp³-hybridized carbons (Fsp3) is 0.455. The van der Waals surface area contributed by atoms with E-state index in [0.29, 0.717) is 22.0 Å². The molecule has 10 heteroatoms. The number of nitrogens with two attached hydrogens (primary N) is 1. The van der Waals surface area contributed by atoms with Crippen molar-refractivity contribution in [2.45, 2.75) is 42.0 Å². The summed E-state index contributed by atoms with van der Waals surface area (Å²) >= 11 is 1.26. The van der Waals surface area contributed by atoms with E-state index in [1.165, 1.54) is 24.6 Å². The van der Waals surface area contributed by atoms with Crippen LogP contribution in [0.1, 0.15) is 37.4 Å². The summed E-state index contributed by atoms with van der Waals surface area (Å²) in [5.41, 5.74) is 5.88. The van der Waals surface area contributed by atoms with Crippen molar-refractivity contribution in [1.82, 2.24) is 30.2 Å². The van der Waals surface area contributed by atoms with Crippen LogP contribution in [0.4, 0.5) is 0 Å². The molecule has 1 fully saturated rings. The molecule has 9 nitrogen and oxygen atoms in total. The van der Waals surface area contributed by atoms with Gasteiger partial charge in [-0.25, -0.2) is 14.6 Å². The Morgan fingerprint density at radius 1 is 1.43 bits per heavy atom. The van der Waals surface area contributed by atoms with Gasteiger partial charge in [0.2, 0.25) is 5.16 Å². The third-order valence-electron chi connectivity index (χ3n) is 3.32. The van der Waals surface area contributed by atoms with Crippen LogP contribution in [0.25, 0.3) is 0 Å². The third kappa shape index (κ3) is 2.94. The van der Waals surface area contributed by atoms with E-state index in [4.69, 9.17) is 10.9 Å². The fourth-order valence-corrected chi connectivity index (χ4v) is 3.07. The Hall–Kier alpha value is -2.23. The fourth-order valence-electron chi connectivity index (χ4n) is 2.30. The summed E-state index contributed by atoms with van der Waals surface area (Å²) in [6.07, 6.45) is 6.12. The highest BCUT2D eigenvalue weighted by atomic mass is 32.2. The number of rotatable bonds is 4. The van der Waals surface area contributed by atoms with E-state index in [9.17, 15) is 0 Å². The Morgan fingerprint density at radius 3 is 3.00 bits per heavy atom. The minimum atomic E-state index is -0.0605. The van der Waals surface area contributed by atoms with Crippen LogP contribution in [0.2, 0.25) is 0 Å². The largest absolute Gasteiger partial charge is 0.409 e. The lowest BCUT2D eigenvalue weighted by Crippen LogP contribution is -2.15. The second-order valence-corrected chi connectivity index (χ2v) is 5.59. The number of aromatic nitrogens is 6. The molecule has 0 aromatic carbocycles. The van der Waals surface area contributed by atoms with E-state index in [2.05, 4.69) is 30.6 Å². The molecule has 0 spiro atoms. The molecule has 3 N–H and O–H groups in total. The van der Waals surface area contributed by atoms with Crippen molar-refractivity contribution in [2.75, 3.05) is 0 Å². The van der Waals surface area contributed by atoms with Gasteiger partial charge >= 0.3 is 0 Å². The minimum Gasteiger partial charge on any atom is -0.409 e. The highest BCUT2D eigenvalue weighted by Crippen LogP contribution is 2.32. The summed E-state index contributed by atoms with van der Waals surface area (Å²) in [7, 11) is 0. The van der Waals surface area contributed by atoms with Gasteiger partial charge in [0.1, 0.15) is 5.69 Å². The Morgan fingerprint density at radius 2 is 2.24 bits per heavy atom. The molecule has 2 aromatic rings. The molecule has 3 rings (SSSR count). The smallest absolute Gasteiger partial charge is 0.217 e. The van der Waals surface area contributed by atoms with Crippen molar-refractivity contribution >= 4 is 17.6 Å². The standard InChI is InChI=1S/C11H14N8OS/c12-9(16-20)8-5-6-13-10(14-8)21-11-15-17-18-19(11)7-3-1-2-4-7/h5-7,20H,1-4H2,(H2,12,16). The van der Waals surface area contributed by atoms with E-state index >= 15 is 0 Å². The second kappa shape index (κ2) is 6.04. The van der Waals surface area contributed by atoms with E-state index in [1.807, 2.05) is 4.68 Å². The molecular formula is C11H14N8OS. The summed E-state index contributed by atoms with van der Waals surface area (Å²) in [4.78, 5) is 8.36. The Balaban J connectivity index is 1.82. The number of amidine groups is 1. The Kier molecular flexibility index (Phi) is 3.95. The van der Waals surface area contributed by atoms with Crippen molar-refractivity contribution < 1.29 is 5.21 Å². The molecule has 0 saturated heterocycles. The van der Waals surface area contributed by atoms with Gasteiger partial charge in [0, 0.05) is 6.20 Å². The highest BCUT2D eigenvalue weighted by molar-refractivity contribution is 7.99. The maximum Gasteiger partial charge on any atom is 0.217 e. The first-order chi connectivity index (χ1) is 10.3. The summed E-state index contributed by atoms with van der Waals surface area (Å²) in [6.45, 7) is 0. The van der Waals surface area contributed by atoms with Crippen molar-refractivity contribution in [1.29, 1.82) is 0 Å². The Bertz CT molecular complexity index is 651. The lowest BCUT2D eigenvalue weighted by Gasteiger charge is -2.10. The van der Waals surface area contributed by atoms with Gasteiger partial charge in [0.15, 0.2) is 11.0 Å². The first-order valence-electron chi connectivity index (χ1n) is 6.54. The van der Waals surface area contributed by atoms with Crippen molar-refractivity contribution in [2.24, 2.45) is 10.9 Å². The van der Waals surface area contributed by atoms with Crippen LogP contribution in [0.3, 0.4) is 0 Å². The molecule has 0 radical (unpaired) electrons. The topological polar surface area (TPSA) is 128 Å². The van der Waals surface area contributed by atoms with Gasteiger partial charge < -0.3 is 10.9 Å². The summed E-state index contributed by atoms with van der Waals surface area (Å²) in [6, 6.07) is 1.91. The van der Waals surface area contributed by atoms with Crippen LogP contribution < -0.4 is 5.73 Å². The van der Waals surface area contributed by atoms with E-state index < -0.39 is 0 Å². The molecule has 0 bridgehead atoms. The van der Waals surface area contributed by atoms with Crippen LogP contribution in [0.15, 0.2) is 27.7 Å². The zero-order chi connectivity index (χ0) is 14.7. The molecule has 1 saturated carbocycles. The van der Waals surface area contributed by atoms with Crippen molar-refractivity contribution in [3.63, 3.8) is 0 Å². The van der Waals surface area contributed by atoms with Gasteiger partial charge in [-0.3, -0.25) is 0 Å². The molecular weight excluding hydrogens is 292 g/mol. The monoisotopic (exact) mass is 306 g/mol. The SMILES string of the molecule is N/C(=N/O)c1ccnc(Sc2nnnn2C2CCCC2)n1. The average molecular weight is 306 g/mol. The van der Waals surface area contributed by atoms with Crippen LogP contribution in [-0.4, -0.2) is 41.2 Å². The van der Waals surface area contributed by atoms with Gasteiger partial charge in [-0.2, -0.15) is 0 Å². The molecule has 0 aliphatic heterocycles. The third-order valence-corrected chi connectivity index (χ3v) is 4.15. The van der Waals surface area contributed by atoms with Gasteiger partial charge in [-0.1, -0.05) is 18.0 Å². The van der Waals surface area contributed by atoms with Crippen molar-refractivity contribution in [3.05, 3.63) is 18.0 Å². The predicted octanol–water partition coefficient (Wildman–Crippen LogP) is 0.824. The summed E-state index contributed by atoms with van der Waals surface area (Å²) in [5, 5.41) is 24.5. The maximum absolute atomic E-state index is 8.68. The zero-order valence-electron chi connectivity index (χ0n) is 11.1. The van der Waals surface area contributed by atoms with Gasteiger partial charge in [0.05, 0.1) is 6.04 Å². The zero-order valence-corrected chi connectivity index (χ0v) is 11.9. The normalized spacial score (nSPS) is 16.5. The first kappa shape index (κ1) is 13.7. The van der Waals surface area contributed by atoms with E-state index in [1.54, 1.807) is 12.3 Å². The van der Waals surface area contributed by atoms with Gasteiger partial charge in [0.25, 0.3) is 0 Å². The maximum atomic E-state index is 8.68. The molecule has 2 heterocycles. The lowest BCUT2D eigenvalue weighted by molar-refractivity contribution is 0.318. The molecule has 1 aliphatic carbocycles. The van der Waals surface area contributed by atoms with E-state index in [-0.39, 0.29) is 5.84 Å². The average Bonchev–Trinajstić information content (AvgIpc) is 3.17. The van der Waals surface area contributed by atoms with Gasteiger partial charge in [-0.05, 0) is 41.1 Å². The molecule has 0 unspecified atom stereocenters. The number of tetrazole rings is 1.